The van der Waals surface area contributed by atoms with Crippen LogP contribution in [0.2, 0.25) is 0 Å². The average Bonchev–Trinajstić information content (AvgIpc) is 2.62. The maximum Gasteiger partial charge on any atom is 0.310 e. The van der Waals surface area contributed by atoms with Crippen molar-refractivity contribution >= 4 is 11.9 Å². The Labute approximate surface area is 63.1 Å². The van der Waals surface area contributed by atoms with Gasteiger partial charge in [-0.2, -0.15) is 0 Å². The summed E-state index contributed by atoms with van der Waals surface area (Å²) in [5, 5.41) is 8.59. The second-order valence-corrected chi connectivity index (χ2v) is 3.01. The SMILES string of the molecule is O=C(O)C1C2CCOC(=O)C21. The largest absolute Gasteiger partial charge is 0.481 e. The van der Waals surface area contributed by atoms with E-state index >= 15 is 0 Å². The second kappa shape index (κ2) is 1.96. The molecule has 4 nitrogen and oxygen atoms in total. The summed E-state index contributed by atoms with van der Waals surface area (Å²) in [6.45, 7) is 0.393. The van der Waals surface area contributed by atoms with Crippen molar-refractivity contribution in [3.05, 3.63) is 0 Å². The summed E-state index contributed by atoms with van der Waals surface area (Å²) >= 11 is 0. The van der Waals surface area contributed by atoms with Crippen molar-refractivity contribution in [1.29, 1.82) is 0 Å². The van der Waals surface area contributed by atoms with Crippen LogP contribution in [0.15, 0.2) is 0 Å². The topological polar surface area (TPSA) is 63.6 Å². The number of aliphatic carboxylic acids is 1. The number of hydrogen-bond donors (Lipinski definition) is 1. The number of ether oxygens (including phenoxy) is 1. The van der Waals surface area contributed by atoms with Gasteiger partial charge in [-0.25, -0.2) is 0 Å². The number of rotatable bonds is 1. The van der Waals surface area contributed by atoms with Crippen molar-refractivity contribution in [2.24, 2.45) is 17.8 Å². The Balaban J connectivity index is 2.10. The van der Waals surface area contributed by atoms with Gasteiger partial charge >= 0.3 is 11.9 Å². The molecule has 0 bridgehead atoms. The number of fused-ring (bicyclic) bond motifs is 1. The number of carbonyl (C=O) groups excluding carboxylic acids is 1. The van der Waals surface area contributed by atoms with E-state index in [2.05, 4.69) is 0 Å². The van der Waals surface area contributed by atoms with Crippen LogP contribution in [-0.4, -0.2) is 23.7 Å². The van der Waals surface area contributed by atoms with E-state index in [1.165, 1.54) is 0 Å². The zero-order valence-corrected chi connectivity index (χ0v) is 5.82. The fourth-order valence-corrected chi connectivity index (χ4v) is 1.78. The lowest BCUT2D eigenvalue weighted by Gasteiger charge is -2.07. The molecular formula is C7H8O4. The second-order valence-electron chi connectivity index (χ2n) is 3.01. The van der Waals surface area contributed by atoms with Gasteiger partial charge in [-0.05, 0) is 12.3 Å². The van der Waals surface area contributed by atoms with E-state index in [4.69, 9.17) is 9.84 Å². The smallest absolute Gasteiger partial charge is 0.310 e. The fourth-order valence-electron chi connectivity index (χ4n) is 1.78. The van der Waals surface area contributed by atoms with E-state index in [-0.39, 0.29) is 17.8 Å². The van der Waals surface area contributed by atoms with Crippen LogP contribution in [0.3, 0.4) is 0 Å². The van der Waals surface area contributed by atoms with Crippen molar-refractivity contribution in [1.82, 2.24) is 0 Å². The van der Waals surface area contributed by atoms with Crippen molar-refractivity contribution in [3.8, 4) is 0 Å². The maximum absolute atomic E-state index is 10.9. The number of carbonyl (C=O) groups is 2. The average molecular weight is 156 g/mol. The minimum atomic E-state index is -0.862. The van der Waals surface area contributed by atoms with Crippen LogP contribution in [0, 0.1) is 17.8 Å². The third-order valence-corrected chi connectivity index (χ3v) is 2.42. The summed E-state index contributed by atoms with van der Waals surface area (Å²) in [6.07, 6.45) is 0.716. The highest BCUT2D eigenvalue weighted by atomic mass is 16.5. The van der Waals surface area contributed by atoms with E-state index in [0.717, 1.165) is 0 Å². The van der Waals surface area contributed by atoms with Gasteiger partial charge < -0.3 is 9.84 Å². The Kier molecular flexibility index (Phi) is 1.19. The molecule has 11 heavy (non-hydrogen) atoms. The highest BCUT2D eigenvalue weighted by Gasteiger charge is 2.61. The summed E-state index contributed by atoms with van der Waals surface area (Å²) in [7, 11) is 0. The number of esters is 1. The Morgan fingerprint density at radius 3 is 2.91 bits per heavy atom. The Bertz CT molecular complexity index is 218. The molecule has 3 unspecified atom stereocenters. The molecule has 60 valence electrons. The normalized spacial score (nSPS) is 40.7. The number of carboxylic acids is 1. The minimum absolute atomic E-state index is 0.0637. The Hall–Kier alpha value is -1.06. The molecule has 0 aromatic rings. The first-order valence-corrected chi connectivity index (χ1v) is 3.61. The van der Waals surface area contributed by atoms with E-state index in [1.807, 2.05) is 0 Å². The van der Waals surface area contributed by atoms with Gasteiger partial charge in [0.2, 0.25) is 0 Å². The van der Waals surface area contributed by atoms with Crippen LogP contribution in [0.25, 0.3) is 0 Å². The zero-order valence-electron chi connectivity index (χ0n) is 5.82. The molecule has 2 fully saturated rings. The molecule has 4 heteroatoms. The first kappa shape index (κ1) is 6.64. The van der Waals surface area contributed by atoms with Gasteiger partial charge in [0.25, 0.3) is 0 Å². The van der Waals surface area contributed by atoms with Gasteiger partial charge in [0, 0.05) is 0 Å². The molecule has 0 spiro atoms. The molecule has 1 saturated heterocycles. The summed E-state index contributed by atoms with van der Waals surface area (Å²) < 4.78 is 4.71. The lowest BCUT2D eigenvalue weighted by atomic mass is 10.2. The van der Waals surface area contributed by atoms with Gasteiger partial charge in [-0.3, -0.25) is 9.59 Å². The molecule has 0 radical (unpaired) electrons. The van der Waals surface area contributed by atoms with Crippen LogP contribution >= 0.6 is 0 Å². The van der Waals surface area contributed by atoms with Crippen molar-refractivity contribution < 1.29 is 19.4 Å². The highest BCUT2D eigenvalue weighted by molar-refractivity contribution is 5.87. The van der Waals surface area contributed by atoms with Gasteiger partial charge in [0.1, 0.15) is 0 Å². The molecule has 0 aromatic carbocycles. The molecule has 1 N–H and O–H groups in total. The molecule has 1 saturated carbocycles. The van der Waals surface area contributed by atoms with E-state index in [1.54, 1.807) is 0 Å². The first-order chi connectivity index (χ1) is 5.22. The van der Waals surface area contributed by atoms with Gasteiger partial charge in [0.05, 0.1) is 18.4 Å². The third-order valence-electron chi connectivity index (χ3n) is 2.42. The van der Waals surface area contributed by atoms with E-state index in [9.17, 15) is 9.59 Å². The molecule has 2 aliphatic rings. The molecule has 0 aromatic heterocycles. The number of hydrogen-bond acceptors (Lipinski definition) is 3. The molecule has 0 amide bonds. The summed E-state index contributed by atoms with van der Waals surface area (Å²) in [6, 6.07) is 0. The molecule has 2 rings (SSSR count). The van der Waals surface area contributed by atoms with Gasteiger partial charge in [0.15, 0.2) is 0 Å². The van der Waals surface area contributed by atoms with Crippen molar-refractivity contribution in [2.75, 3.05) is 6.61 Å². The summed E-state index contributed by atoms with van der Waals surface area (Å²) in [5.74, 6) is -1.91. The fraction of sp³-hybridized carbons (Fsp3) is 0.714. The third kappa shape index (κ3) is 0.818. The van der Waals surface area contributed by atoms with Crippen LogP contribution in [-0.2, 0) is 14.3 Å². The summed E-state index contributed by atoms with van der Waals surface area (Å²) in [5.41, 5.74) is 0. The standard InChI is InChI=1S/C7H8O4/c8-6(9)4-3-1-2-11-7(10)5(3)4/h3-5H,1-2H2,(H,8,9). The molecule has 1 aliphatic heterocycles. The molecule has 1 aliphatic carbocycles. The van der Waals surface area contributed by atoms with E-state index in [0.29, 0.717) is 13.0 Å². The van der Waals surface area contributed by atoms with Crippen molar-refractivity contribution in [2.45, 2.75) is 6.42 Å². The predicted molar refractivity (Wildman–Crippen MR) is 33.7 cm³/mol. The van der Waals surface area contributed by atoms with Gasteiger partial charge in [-0.15, -0.1) is 0 Å². The van der Waals surface area contributed by atoms with Crippen LogP contribution in [0.5, 0.6) is 0 Å². The monoisotopic (exact) mass is 156 g/mol. The zero-order chi connectivity index (χ0) is 8.01. The molecule has 1 heterocycles. The quantitative estimate of drug-likeness (QED) is 0.537. The predicted octanol–water partition coefficient (Wildman–Crippen LogP) is -0.120. The Morgan fingerprint density at radius 1 is 1.64 bits per heavy atom. The van der Waals surface area contributed by atoms with Crippen LogP contribution in [0.1, 0.15) is 6.42 Å². The van der Waals surface area contributed by atoms with Crippen LogP contribution in [0.4, 0.5) is 0 Å². The van der Waals surface area contributed by atoms with Crippen LogP contribution < -0.4 is 0 Å². The lowest BCUT2D eigenvalue weighted by molar-refractivity contribution is -0.150. The summed E-state index contributed by atoms with van der Waals surface area (Å²) in [4.78, 5) is 21.3. The highest BCUT2D eigenvalue weighted by Crippen LogP contribution is 2.51. The minimum Gasteiger partial charge on any atom is -0.481 e. The Morgan fingerprint density at radius 2 is 2.36 bits per heavy atom. The number of cyclic esters (lactones) is 1. The van der Waals surface area contributed by atoms with Crippen molar-refractivity contribution in [3.63, 3.8) is 0 Å². The molecular weight excluding hydrogens is 148 g/mol. The lowest BCUT2D eigenvalue weighted by Crippen LogP contribution is -2.15. The van der Waals surface area contributed by atoms with Gasteiger partial charge in [-0.1, -0.05) is 0 Å². The first-order valence-electron chi connectivity index (χ1n) is 3.61. The molecule has 3 atom stereocenters. The maximum atomic E-state index is 10.9. The number of carboxylic acid groups (broad SMARTS) is 1. The van der Waals surface area contributed by atoms with E-state index < -0.39 is 11.9 Å².